The van der Waals surface area contributed by atoms with Gasteiger partial charge in [0.25, 0.3) is 18.1 Å². The maximum atomic E-state index is 11.7. The standard InChI is InChI=1S/C44H42O6P2.C4H6.C3H8/c1-6-30-15-7-11-19-34(30)29(5)47-51-50-44-40(46-27(2)3)26-33-18-10-14-22-37(33)42(44)41-36-21-13-9-17-32(36)25-38(45)43(41)49-52-48-39-24-28(4)23-31-16-8-12-20-35(31)39;1-3-4-2;1-3-2/h6-23,25-28,45,51-52H,24H2,1-5H3;1-2H3;3H2,1-2H3/b30-6-,34-29+;;. The van der Waals surface area contributed by atoms with Gasteiger partial charge in [-0.2, -0.15) is 0 Å². The van der Waals surface area contributed by atoms with Crippen LogP contribution in [-0.2, 0) is 9.05 Å². The Bertz CT molecular complexity index is 2690. The molecule has 6 aromatic rings. The van der Waals surface area contributed by atoms with Crippen LogP contribution in [0, 0.1) is 17.8 Å². The van der Waals surface area contributed by atoms with E-state index >= 15 is 0 Å². The summed E-state index contributed by atoms with van der Waals surface area (Å²) < 4.78 is 32.3. The molecule has 0 fully saturated rings. The molecule has 59 heavy (non-hydrogen) atoms. The normalized spacial score (nSPS) is 14.1. The van der Waals surface area contributed by atoms with Crippen molar-refractivity contribution < 1.29 is 27.9 Å². The number of ether oxygens (including phenoxy) is 1. The van der Waals surface area contributed by atoms with Gasteiger partial charge in [-0.1, -0.05) is 136 Å². The van der Waals surface area contributed by atoms with Gasteiger partial charge in [0, 0.05) is 28.0 Å². The topological polar surface area (TPSA) is 66.4 Å². The predicted octanol–water partition coefficient (Wildman–Crippen LogP) is 11.7. The van der Waals surface area contributed by atoms with Crippen LogP contribution in [0.3, 0.4) is 0 Å². The lowest BCUT2D eigenvalue weighted by Crippen LogP contribution is -2.31. The molecule has 0 radical (unpaired) electrons. The van der Waals surface area contributed by atoms with Crippen LogP contribution in [0.5, 0.6) is 23.0 Å². The van der Waals surface area contributed by atoms with E-state index in [9.17, 15) is 5.11 Å². The molecule has 0 amide bonds. The quantitative estimate of drug-likeness (QED) is 0.104. The average Bonchev–Trinajstić information content (AvgIpc) is 3.24. The predicted molar refractivity (Wildman–Crippen MR) is 252 cm³/mol. The van der Waals surface area contributed by atoms with E-state index < -0.39 is 9.03 Å². The first-order valence-corrected chi connectivity index (χ1v) is 21.8. The van der Waals surface area contributed by atoms with Crippen molar-refractivity contribution in [3.05, 3.63) is 130 Å². The molecule has 1 N–H and O–H groups in total. The molecule has 8 heteroatoms. The van der Waals surface area contributed by atoms with Gasteiger partial charge in [-0.15, -0.1) is 11.8 Å². The first kappa shape index (κ1) is 44.6. The third-order valence-corrected chi connectivity index (χ3v) is 10.6. The molecule has 3 atom stereocenters. The van der Waals surface area contributed by atoms with Crippen molar-refractivity contribution >= 4 is 63.3 Å². The van der Waals surface area contributed by atoms with Gasteiger partial charge in [0.1, 0.15) is 11.5 Å². The van der Waals surface area contributed by atoms with Gasteiger partial charge in [-0.05, 0) is 91.6 Å². The summed E-state index contributed by atoms with van der Waals surface area (Å²) >= 11 is 0. The first-order valence-electron chi connectivity index (χ1n) is 20.2. The Balaban J connectivity index is 0.000000879. The van der Waals surface area contributed by atoms with Crippen LogP contribution in [0.25, 0.3) is 56.3 Å². The lowest BCUT2D eigenvalue weighted by molar-refractivity contribution is 0.237. The number of phenols is 1. The molecule has 0 bridgehead atoms. The summed E-state index contributed by atoms with van der Waals surface area (Å²) in [5.41, 5.74) is 1.41. The van der Waals surface area contributed by atoms with E-state index in [1.54, 1.807) is 6.07 Å². The van der Waals surface area contributed by atoms with Crippen LogP contribution in [0.1, 0.15) is 75.2 Å². The van der Waals surface area contributed by atoms with Gasteiger partial charge in [-0.3, -0.25) is 0 Å². The van der Waals surface area contributed by atoms with Crippen molar-refractivity contribution in [2.75, 3.05) is 0 Å². The number of hydrogen-bond donors (Lipinski definition) is 1. The van der Waals surface area contributed by atoms with E-state index in [0.717, 1.165) is 65.9 Å². The summed E-state index contributed by atoms with van der Waals surface area (Å²) in [6.45, 7) is 18.0. The second-order valence-corrected chi connectivity index (χ2v) is 15.5. The van der Waals surface area contributed by atoms with Gasteiger partial charge in [0.15, 0.2) is 23.0 Å². The third kappa shape index (κ3) is 11.2. The summed E-state index contributed by atoms with van der Waals surface area (Å²) in [5, 5.41) is 19.6. The molecule has 1 aliphatic rings. The van der Waals surface area contributed by atoms with E-state index in [2.05, 4.69) is 75.1 Å². The first-order chi connectivity index (χ1) is 28.6. The summed E-state index contributed by atoms with van der Waals surface area (Å²) in [7, 11) is -0.804. The fourth-order valence-corrected chi connectivity index (χ4v) is 7.97. The van der Waals surface area contributed by atoms with Crippen molar-refractivity contribution in [1.82, 2.24) is 0 Å². The van der Waals surface area contributed by atoms with E-state index in [4.69, 9.17) is 22.8 Å². The number of rotatable bonds is 11. The Labute approximate surface area is 353 Å². The van der Waals surface area contributed by atoms with Crippen molar-refractivity contribution in [2.45, 2.75) is 81.3 Å². The number of benzene rings is 6. The van der Waals surface area contributed by atoms with Crippen molar-refractivity contribution in [3.63, 3.8) is 0 Å². The van der Waals surface area contributed by atoms with E-state index in [-0.39, 0.29) is 20.9 Å². The maximum absolute atomic E-state index is 11.7. The maximum Gasteiger partial charge on any atom is 0.275 e. The summed E-state index contributed by atoms with van der Waals surface area (Å²) in [6.07, 6.45) is 6.20. The van der Waals surface area contributed by atoms with Gasteiger partial charge in [0.2, 0.25) is 0 Å². The molecule has 6 nitrogen and oxygen atoms in total. The van der Waals surface area contributed by atoms with Crippen LogP contribution >= 0.6 is 18.1 Å². The largest absolute Gasteiger partial charge is 0.504 e. The summed E-state index contributed by atoms with van der Waals surface area (Å²) in [6, 6.07) is 36.2. The summed E-state index contributed by atoms with van der Waals surface area (Å²) in [5.74, 6) is 8.68. The number of phenolic OH excluding ortho intramolecular Hbond substituents is 1. The Hall–Kier alpha value is -5.46. The monoisotopic (exact) mass is 826 g/mol. The van der Waals surface area contributed by atoms with Crippen molar-refractivity contribution in [3.8, 4) is 46.0 Å². The molecule has 1 aliphatic carbocycles. The smallest absolute Gasteiger partial charge is 0.275 e. The fourth-order valence-electron chi connectivity index (χ4n) is 6.78. The Morgan fingerprint density at radius 3 is 2.02 bits per heavy atom. The minimum Gasteiger partial charge on any atom is -0.504 e. The Kier molecular flexibility index (Phi) is 16.7. The Morgan fingerprint density at radius 2 is 1.36 bits per heavy atom. The number of hydrogen-bond acceptors (Lipinski definition) is 6. The van der Waals surface area contributed by atoms with Gasteiger partial charge in [0.05, 0.1) is 6.10 Å². The Morgan fingerprint density at radius 1 is 0.780 bits per heavy atom. The minimum absolute atomic E-state index is 0.000979. The van der Waals surface area contributed by atoms with Crippen LogP contribution in [-0.4, -0.2) is 11.2 Å². The second-order valence-electron chi connectivity index (χ2n) is 14.4. The van der Waals surface area contributed by atoms with Gasteiger partial charge < -0.3 is 27.9 Å². The lowest BCUT2D eigenvalue weighted by atomic mass is 9.91. The number of fused-ring (bicyclic) bond motifs is 3. The molecule has 7 rings (SSSR count). The second kappa shape index (κ2) is 22.1. The molecule has 0 aromatic heterocycles. The SMILES string of the molecule is C/C=c1/cccc/c1=C(/C)OPOc1c(OC(C)C)cc2ccccc2c1-c1c(OPOC2=c3ccccc3=CC(C)C2)c(O)cc2ccccc12.CC#CC.CCC. The van der Waals surface area contributed by atoms with Crippen molar-refractivity contribution in [2.24, 2.45) is 5.92 Å². The molecule has 306 valence electrons. The van der Waals surface area contributed by atoms with Gasteiger partial charge >= 0.3 is 0 Å². The van der Waals surface area contributed by atoms with E-state index in [1.165, 1.54) is 6.42 Å². The molecule has 3 unspecified atom stereocenters. The molecule has 0 saturated heterocycles. The highest BCUT2D eigenvalue weighted by atomic mass is 31.1. The highest BCUT2D eigenvalue weighted by molar-refractivity contribution is 7.27. The molecular weight excluding hydrogens is 771 g/mol. The van der Waals surface area contributed by atoms with E-state index in [1.807, 2.05) is 114 Å². The van der Waals surface area contributed by atoms with Crippen LogP contribution in [0.15, 0.2) is 109 Å². The highest BCUT2D eigenvalue weighted by Crippen LogP contribution is 2.54. The zero-order valence-corrected chi connectivity index (χ0v) is 37.6. The van der Waals surface area contributed by atoms with Crippen LogP contribution < -0.4 is 34.7 Å². The number of aromatic hydroxyl groups is 1. The lowest BCUT2D eigenvalue weighted by Gasteiger charge is -2.23. The molecule has 0 aliphatic heterocycles. The molecular formula is C51H56O6P2. The van der Waals surface area contributed by atoms with Gasteiger partial charge in [-0.25, -0.2) is 0 Å². The molecule has 0 spiro atoms. The highest BCUT2D eigenvalue weighted by Gasteiger charge is 2.26. The zero-order valence-electron chi connectivity index (χ0n) is 35.6. The molecule has 0 saturated carbocycles. The molecule has 6 aromatic carbocycles. The molecule has 0 heterocycles. The van der Waals surface area contributed by atoms with Crippen molar-refractivity contribution in [1.29, 1.82) is 0 Å². The fraction of sp³-hybridized carbons (Fsp3) is 0.255. The van der Waals surface area contributed by atoms with E-state index in [0.29, 0.717) is 28.7 Å². The van der Waals surface area contributed by atoms with Crippen LogP contribution in [0.4, 0.5) is 0 Å². The minimum atomic E-state index is -0.414. The van der Waals surface area contributed by atoms with Crippen LogP contribution in [0.2, 0.25) is 0 Å². The summed E-state index contributed by atoms with van der Waals surface area (Å²) in [4.78, 5) is 0. The average molecular weight is 827 g/mol. The third-order valence-electron chi connectivity index (χ3n) is 9.34. The zero-order chi connectivity index (χ0) is 42.3.